The van der Waals surface area contributed by atoms with Crippen LogP contribution in [0.1, 0.15) is 309 Å². The minimum Gasteiger partial charge on any atom is -0.462 e. The lowest BCUT2D eigenvalue weighted by Crippen LogP contribution is -2.29. The van der Waals surface area contributed by atoms with Crippen molar-refractivity contribution in [1.82, 2.24) is 0 Å². The Labute approximate surface area is 487 Å². The second-order valence-corrected chi connectivity index (χ2v) is 23.4. The maximum absolute atomic E-state index is 12.7. The zero-order valence-electron chi connectivity index (χ0n) is 51.3. The van der Waals surface area contributed by atoms with Crippen molar-refractivity contribution in [2.24, 2.45) is 5.73 Å². The van der Waals surface area contributed by atoms with Gasteiger partial charge in [0.25, 0.3) is 0 Å². The zero-order valence-corrected chi connectivity index (χ0v) is 52.2. The largest absolute Gasteiger partial charge is 0.472 e. The monoisotopic (exact) mass is 1130 g/mol. The van der Waals surface area contributed by atoms with E-state index in [9.17, 15) is 19.0 Å². The van der Waals surface area contributed by atoms with Crippen LogP contribution in [0.2, 0.25) is 0 Å². The number of hydrogen-bond acceptors (Lipinski definition) is 8. The molecule has 0 spiro atoms. The van der Waals surface area contributed by atoms with Gasteiger partial charge in [0, 0.05) is 19.4 Å². The van der Waals surface area contributed by atoms with Crippen LogP contribution in [0.25, 0.3) is 0 Å². The lowest BCUT2D eigenvalue weighted by atomic mass is 10.0. The van der Waals surface area contributed by atoms with E-state index in [0.29, 0.717) is 6.42 Å². The van der Waals surface area contributed by atoms with Gasteiger partial charge in [-0.2, -0.15) is 0 Å². The van der Waals surface area contributed by atoms with Crippen LogP contribution in [0, 0.1) is 0 Å². The smallest absolute Gasteiger partial charge is 0.462 e. The third-order valence-electron chi connectivity index (χ3n) is 14.3. The molecule has 2 unspecified atom stereocenters. The highest BCUT2D eigenvalue weighted by Gasteiger charge is 2.26. The maximum atomic E-state index is 12.7. The first-order valence-electron chi connectivity index (χ1n) is 33.1. The van der Waals surface area contributed by atoms with E-state index >= 15 is 0 Å². The van der Waals surface area contributed by atoms with Gasteiger partial charge in [0.15, 0.2) is 6.10 Å². The summed E-state index contributed by atoms with van der Waals surface area (Å²) in [5, 5.41) is 0. The number of phosphoric ester groups is 1. The predicted molar refractivity (Wildman–Crippen MR) is 339 cm³/mol. The molecule has 10 heteroatoms. The number of rotatable bonds is 62. The van der Waals surface area contributed by atoms with Crippen molar-refractivity contribution in [2.45, 2.75) is 315 Å². The molecule has 79 heavy (non-hydrogen) atoms. The first-order valence-corrected chi connectivity index (χ1v) is 34.6. The molecule has 0 saturated heterocycles. The highest BCUT2D eigenvalue weighted by molar-refractivity contribution is 7.47. The number of nitrogens with two attached hydrogens (primary N) is 1. The van der Waals surface area contributed by atoms with E-state index < -0.39 is 26.5 Å². The van der Waals surface area contributed by atoms with Gasteiger partial charge in [-0.1, -0.05) is 292 Å². The molecular formula is C69H124NO8P. The minimum atomic E-state index is -4.39. The van der Waals surface area contributed by atoms with Crippen LogP contribution in [0.15, 0.2) is 85.1 Å². The van der Waals surface area contributed by atoms with E-state index in [4.69, 9.17) is 24.3 Å². The standard InChI is InChI=1S/C69H124NO8P/c1-3-5-7-9-11-13-15-17-19-21-23-25-26-27-28-29-30-31-32-33-34-35-36-37-38-39-40-42-44-46-48-50-52-54-56-58-60-62-69(72)78-67(66-77-79(73,74)76-64-63-70)65-75-68(71)61-59-57-55-53-51-49-47-45-43-41-24-22-20-18-16-14-12-10-8-6-4-2/h5,7,11,13,16-19,22-25,27-28,67H,3-4,6,8-10,12,14-15,20-21,26,29-66,70H2,1-2H3,(H,73,74)/b7-5-,13-11-,18-16-,19-17-,24-22-,25-23-,28-27-. The lowest BCUT2D eigenvalue weighted by molar-refractivity contribution is -0.161. The van der Waals surface area contributed by atoms with Gasteiger partial charge in [-0.3, -0.25) is 18.6 Å². The lowest BCUT2D eigenvalue weighted by Gasteiger charge is -2.19. The summed E-state index contributed by atoms with van der Waals surface area (Å²) in [4.78, 5) is 35.3. The molecule has 0 saturated carbocycles. The molecule has 3 N–H and O–H groups in total. The summed E-state index contributed by atoms with van der Waals surface area (Å²) < 4.78 is 33.1. The Morgan fingerprint density at radius 3 is 1.04 bits per heavy atom. The number of allylic oxidation sites excluding steroid dienone is 14. The summed E-state index contributed by atoms with van der Waals surface area (Å²) in [6.07, 6.45) is 85.2. The number of hydrogen-bond donors (Lipinski definition) is 2. The van der Waals surface area contributed by atoms with Crippen LogP contribution in [-0.4, -0.2) is 49.3 Å². The Balaban J connectivity index is 3.85. The van der Waals surface area contributed by atoms with Gasteiger partial charge in [-0.05, 0) is 89.9 Å². The van der Waals surface area contributed by atoms with Gasteiger partial charge in [0.1, 0.15) is 6.61 Å². The van der Waals surface area contributed by atoms with Crippen molar-refractivity contribution < 1.29 is 37.6 Å². The maximum Gasteiger partial charge on any atom is 0.472 e. The average Bonchev–Trinajstić information content (AvgIpc) is 3.44. The number of carbonyl (C=O) groups is 2. The highest BCUT2D eigenvalue weighted by atomic mass is 31.2. The summed E-state index contributed by atoms with van der Waals surface area (Å²) in [6.45, 7) is 3.65. The van der Waals surface area contributed by atoms with E-state index in [-0.39, 0.29) is 38.6 Å². The number of esters is 2. The van der Waals surface area contributed by atoms with Gasteiger partial charge in [-0.15, -0.1) is 0 Å². The molecule has 0 aromatic heterocycles. The fourth-order valence-corrected chi connectivity index (χ4v) is 10.2. The average molecular weight is 1130 g/mol. The number of carbonyl (C=O) groups excluding carboxylic acids is 2. The predicted octanol–water partition coefficient (Wildman–Crippen LogP) is 21.4. The molecular weight excluding hydrogens is 1000 g/mol. The molecule has 0 radical (unpaired) electrons. The normalized spacial score (nSPS) is 13.5. The van der Waals surface area contributed by atoms with Crippen LogP contribution >= 0.6 is 7.82 Å². The molecule has 0 bridgehead atoms. The second-order valence-electron chi connectivity index (χ2n) is 22.0. The van der Waals surface area contributed by atoms with Gasteiger partial charge >= 0.3 is 19.8 Å². The Kier molecular flexibility index (Phi) is 62.1. The SMILES string of the molecule is CC/C=C\C/C=C\C/C=C\C/C=C\C/C=C\CCCCCCCCCCCCCCCCCCCCCCCC(=O)OC(COC(=O)CCCCCCCCCCC/C=C\C/C=C\CCCCCCC)COP(=O)(O)OCCN. The van der Waals surface area contributed by atoms with Crippen LogP contribution in [0.3, 0.4) is 0 Å². The van der Waals surface area contributed by atoms with Crippen molar-refractivity contribution in [3.8, 4) is 0 Å². The fourth-order valence-electron chi connectivity index (χ4n) is 9.40. The molecule has 0 rings (SSSR count). The van der Waals surface area contributed by atoms with Crippen LogP contribution in [0.4, 0.5) is 0 Å². The molecule has 0 aliphatic heterocycles. The number of ether oxygens (including phenoxy) is 2. The number of phosphoric acid groups is 1. The Morgan fingerprint density at radius 1 is 0.392 bits per heavy atom. The fraction of sp³-hybridized carbons (Fsp3) is 0.768. The molecule has 0 aromatic rings. The van der Waals surface area contributed by atoms with Crippen molar-refractivity contribution in [2.75, 3.05) is 26.4 Å². The van der Waals surface area contributed by atoms with Gasteiger partial charge in [0.2, 0.25) is 0 Å². The highest BCUT2D eigenvalue weighted by Crippen LogP contribution is 2.43. The quantitative estimate of drug-likeness (QED) is 0.0264. The summed E-state index contributed by atoms with van der Waals surface area (Å²) in [6, 6.07) is 0. The van der Waals surface area contributed by atoms with Crippen molar-refractivity contribution in [1.29, 1.82) is 0 Å². The second kappa shape index (κ2) is 64.4. The molecule has 0 fully saturated rings. The van der Waals surface area contributed by atoms with E-state index in [1.165, 1.54) is 199 Å². The topological polar surface area (TPSA) is 134 Å². The third-order valence-corrected chi connectivity index (χ3v) is 15.2. The first kappa shape index (κ1) is 76.2. The molecule has 9 nitrogen and oxygen atoms in total. The van der Waals surface area contributed by atoms with Gasteiger partial charge in [0.05, 0.1) is 13.2 Å². The van der Waals surface area contributed by atoms with Crippen molar-refractivity contribution >= 4 is 19.8 Å². The van der Waals surface area contributed by atoms with E-state index in [1.807, 2.05) is 0 Å². The first-order chi connectivity index (χ1) is 38.8. The summed E-state index contributed by atoms with van der Waals surface area (Å²) in [5.74, 6) is -0.821. The van der Waals surface area contributed by atoms with Gasteiger partial charge < -0.3 is 20.1 Å². The summed E-state index contributed by atoms with van der Waals surface area (Å²) in [7, 11) is -4.39. The molecule has 0 heterocycles. The summed E-state index contributed by atoms with van der Waals surface area (Å²) in [5.41, 5.74) is 5.39. The molecule has 0 aliphatic rings. The molecule has 458 valence electrons. The van der Waals surface area contributed by atoms with Crippen molar-refractivity contribution in [3.63, 3.8) is 0 Å². The van der Waals surface area contributed by atoms with E-state index in [2.05, 4.69) is 98.9 Å². The Hall–Kier alpha value is -2.81. The van der Waals surface area contributed by atoms with E-state index in [1.54, 1.807) is 0 Å². The van der Waals surface area contributed by atoms with Crippen molar-refractivity contribution in [3.05, 3.63) is 85.1 Å². The van der Waals surface area contributed by atoms with Crippen LogP contribution in [-0.2, 0) is 32.7 Å². The molecule has 0 aromatic carbocycles. The zero-order chi connectivity index (χ0) is 57.3. The Morgan fingerprint density at radius 2 is 0.696 bits per heavy atom. The molecule has 0 aliphatic carbocycles. The van der Waals surface area contributed by atoms with Gasteiger partial charge in [-0.25, -0.2) is 4.57 Å². The molecule has 0 amide bonds. The summed E-state index contributed by atoms with van der Waals surface area (Å²) >= 11 is 0. The Bertz CT molecular complexity index is 1570. The minimum absolute atomic E-state index is 0.0519. The van der Waals surface area contributed by atoms with Crippen LogP contribution in [0.5, 0.6) is 0 Å². The number of unbranched alkanes of at least 4 members (excludes halogenated alkanes) is 35. The van der Waals surface area contributed by atoms with E-state index in [0.717, 1.165) is 77.0 Å². The molecule has 2 atom stereocenters. The third kappa shape index (κ3) is 64.2. The van der Waals surface area contributed by atoms with Crippen LogP contribution < -0.4 is 5.73 Å².